The summed E-state index contributed by atoms with van der Waals surface area (Å²) in [5.41, 5.74) is 7.14. The molecule has 0 nitrogen and oxygen atoms in total. The zero-order valence-electron chi connectivity index (χ0n) is 9.12. The first-order valence-corrected chi connectivity index (χ1v) is 5.47. The van der Waals surface area contributed by atoms with Gasteiger partial charge in [0.15, 0.2) is 0 Å². The Balaban J connectivity index is 2.34. The van der Waals surface area contributed by atoms with Gasteiger partial charge in [-0.3, -0.25) is 0 Å². The normalized spacial score (nSPS) is 17.3. The maximum Gasteiger partial charge on any atom is 0.00733 e. The molecule has 74 valence electrons. The number of hydrogen-bond acceptors (Lipinski definition) is 0. The van der Waals surface area contributed by atoms with E-state index in [2.05, 4.69) is 56.3 Å². The first kappa shape index (κ1) is 8.72. The van der Waals surface area contributed by atoms with Crippen molar-refractivity contribution < 1.29 is 0 Å². The summed E-state index contributed by atoms with van der Waals surface area (Å²) < 4.78 is 0. The zero-order chi connectivity index (χ0) is 10.4. The lowest BCUT2D eigenvalue weighted by molar-refractivity contribution is 0.956. The van der Waals surface area contributed by atoms with Gasteiger partial charge in [-0.2, -0.15) is 0 Å². The van der Waals surface area contributed by atoms with Gasteiger partial charge in [-0.05, 0) is 29.2 Å². The fourth-order valence-corrected chi connectivity index (χ4v) is 2.57. The predicted molar refractivity (Wildman–Crippen MR) is 64.1 cm³/mol. The Morgan fingerprint density at radius 2 is 1.60 bits per heavy atom. The third-order valence-corrected chi connectivity index (χ3v) is 3.39. The first-order chi connectivity index (χ1) is 7.27. The second kappa shape index (κ2) is 2.96. The molecule has 2 aromatic carbocycles. The molecule has 0 spiro atoms. The molecule has 3 rings (SSSR count). The molecule has 0 heterocycles. The van der Waals surface area contributed by atoms with Crippen LogP contribution in [0.25, 0.3) is 11.1 Å². The van der Waals surface area contributed by atoms with Gasteiger partial charge < -0.3 is 0 Å². The SMILES string of the molecule is Cc1ccc2c(c1)-c1ccccc1C2C. The maximum absolute atomic E-state index is 2.30. The highest BCUT2D eigenvalue weighted by atomic mass is 14.3. The monoisotopic (exact) mass is 194 g/mol. The highest BCUT2D eigenvalue weighted by molar-refractivity contribution is 5.79. The van der Waals surface area contributed by atoms with Gasteiger partial charge in [-0.15, -0.1) is 0 Å². The van der Waals surface area contributed by atoms with E-state index in [9.17, 15) is 0 Å². The van der Waals surface area contributed by atoms with Crippen LogP contribution in [0.4, 0.5) is 0 Å². The second-order valence-electron chi connectivity index (χ2n) is 4.40. The van der Waals surface area contributed by atoms with Crippen molar-refractivity contribution in [1.29, 1.82) is 0 Å². The average molecular weight is 194 g/mol. The number of fused-ring (bicyclic) bond motifs is 3. The average Bonchev–Trinajstić information content (AvgIpc) is 2.54. The van der Waals surface area contributed by atoms with E-state index in [1.165, 1.54) is 27.8 Å². The fourth-order valence-electron chi connectivity index (χ4n) is 2.57. The molecule has 1 atom stereocenters. The molecule has 0 aliphatic heterocycles. The summed E-state index contributed by atoms with van der Waals surface area (Å²) in [7, 11) is 0. The molecule has 2 aromatic rings. The third-order valence-electron chi connectivity index (χ3n) is 3.39. The van der Waals surface area contributed by atoms with Crippen molar-refractivity contribution >= 4 is 0 Å². The lowest BCUT2D eigenvalue weighted by Gasteiger charge is -2.05. The summed E-state index contributed by atoms with van der Waals surface area (Å²) in [6.45, 7) is 4.45. The minimum absolute atomic E-state index is 0.553. The van der Waals surface area contributed by atoms with Crippen LogP contribution in [0.3, 0.4) is 0 Å². The molecule has 1 aliphatic carbocycles. The molecule has 0 radical (unpaired) electrons. The van der Waals surface area contributed by atoms with E-state index in [4.69, 9.17) is 0 Å². The predicted octanol–water partition coefficient (Wildman–Crippen LogP) is 4.13. The minimum atomic E-state index is 0.553. The molecule has 0 aromatic heterocycles. The van der Waals surface area contributed by atoms with Crippen LogP contribution in [0.1, 0.15) is 29.5 Å². The molecule has 0 saturated heterocycles. The largest absolute Gasteiger partial charge is 0.0619 e. The smallest absolute Gasteiger partial charge is 0.00733 e. The van der Waals surface area contributed by atoms with E-state index in [0.29, 0.717) is 5.92 Å². The third kappa shape index (κ3) is 1.14. The Morgan fingerprint density at radius 1 is 0.867 bits per heavy atom. The number of aryl methyl sites for hydroxylation is 1. The standard InChI is InChI=1S/C15H14/c1-10-7-8-13-11(2)12-5-3-4-6-14(12)15(13)9-10/h3-9,11H,1-2H3. The minimum Gasteiger partial charge on any atom is -0.0619 e. The lowest BCUT2D eigenvalue weighted by Crippen LogP contribution is -1.88. The van der Waals surface area contributed by atoms with Crippen molar-refractivity contribution in [3.63, 3.8) is 0 Å². The molecular weight excluding hydrogens is 180 g/mol. The molecule has 0 fully saturated rings. The van der Waals surface area contributed by atoms with Crippen molar-refractivity contribution in [3.05, 3.63) is 59.2 Å². The van der Waals surface area contributed by atoms with Gasteiger partial charge in [0, 0.05) is 5.92 Å². The highest BCUT2D eigenvalue weighted by Crippen LogP contribution is 2.44. The summed E-state index contributed by atoms with van der Waals surface area (Å²) in [5.74, 6) is 0.553. The van der Waals surface area contributed by atoms with Crippen LogP contribution >= 0.6 is 0 Å². The number of benzene rings is 2. The van der Waals surface area contributed by atoms with Crippen molar-refractivity contribution in [2.45, 2.75) is 19.8 Å². The molecule has 0 heteroatoms. The van der Waals surface area contributed by atoms with Crippen LogP contribution in [0, 0.1) is 6.92 Å². The van der Waals surface area contributed by atoms with Crippen LogP contribution in [0.15, 0.2) is 42.5 Å². The van der Waals surface area contributed by atoms with E-state index in [-0.39, 0.29) is 0 Å². The zero-order valence-corrected chi connectivity index (χ0v) is 9.12. The molecular formula is C15H14. The van der Waals surface area contributed by atoms with Gasteiger partial charge in [0.25, 0.3) is 0 Å². The van der Waals surface area contributed by atoms with E-state index >= 15 is 0 Å². The Hall–Kier alpha value is -1.56. The summed E-state index contributed by atoms with van der Waals surface area (Å²) in [6.07, 6.45) is 0. The van der Waals surface area contributed by atoms with E-state index in [0.717, 1.165) is 0 Å². The number of rotatable bonds is 0. The van der Waals surface area contributed by atoms with Gasteiger partial charge in [0.05, 0.1) is 0 Å². The van der Waals surface area contributed by atoms with E-state index in [1.54, 1.807) is 0 Å². The Kier molecular flexibility index (Phi) is 1.72. The van der Waals surface area contributed by atoms with Gasteiger partial charge >= 0.3 is 0 Å². The molecule has 1 aliphatic rings. The molecule has 0 bridgehead atoms. The van der Waals surface area contributed by atoms with E-state index < -0.39 is 0 Å². The highest BCUT2D eigenvalue weighted by Gasteiger charge is 2.24. The Bertz CT molecular complexity index is 523. The van der Waals surface area contributed by atoms with Crippen LogP contribution < -0.4 is 0 Å². The first-order valence-electron chi connectivity index (χ1n) is 5.47. The summed E-state index contributed by atoms with van der Waals surface area (Å²) in [5, 5.41) is 0. The van der Waals surface area contributed by atoms with Crippen LogP contribution in [0.5, 0.6) is 0 Å². The summed E-state index contributed by atoms with van der Waals surface area (Å²) in [6, 6.07) is 15.5. The molecule has 1 unspecified atom stereocenters. The second-order valence-corrected chi connectivity index (χ2v) is 4.40. The van der Waals surface area contributed by atoms with Crippen molar-refractivity contribution in [3.8, 4) is 11.1 Å². The van der Waals surface area contributed by atoms with Crippen molar-refractivity contribution in [2.24, 2.45) is 0 Å². The van der Waals surface area contributed by atoms with Gasteiger partial charge in [0.2, 0.25) is 0 Å². The maximum atomic E-state index is 2.30. The van der Waals surface area contributed by atoms with Crippen LogP contribution in [-0.2, 0) is 0 Å². The van der Waals surface area contributed by atoms with Gasteiger partial charge in [-0.1, -0.05) is 55.0 Å². The Morgan fingerprint density at radius 3 is 2.47 bits per heavy atom. The number of hydrogen-bond donors (Lipinski definition) is 0. The van der Waals surface area contributed by atoms with Crippen LogP contribution in [-0.4, -0.2) is 0 Å². The summed E-state index contributed by atoms with van der Waals surface area (Å²) >= 11 is 0. The van der Waals surface area contributed by atoms with E-state index in [1.807, 2.05) is 0 Å². The molecule has 0 amide bonds. The quantitative estimate of drug-likeness (QED) is 0.591. The molecule has 0 saturated carbocycles. The summed E-state index contributed by atoms with van der Waals surface area (Å²) in [4.78, 5) is 0. The topological polar surface area (TPSA) is 0 Å². The fraction of sp³-hybridized carbons (Fsp3) is 0.200. The van der Waals surface area contributed by atoms with Gasteiger partial charge in [0.1, 0.15) is 0 Å². The van der Waals surface area contributed by atoms with Crippen molar-refractivity contribution in [2.75, 3.05) is 0 Å². The van der Waals surface area contributed by atoms with Crippen molar-refractivity contribution in [1.82, 2.24) is 0 Å². The molecule has 15 heavy (non-hydrogen) atoms. The van der Waals surface area contributed by atoms with Crippen LogP contribution in [0.2, 0.25) is 0 Å². The molecule has 0 N–H and O–H groups in total. The lowest BCUT2D eigenvalue weighted by atomic mass is 9.99. The Labute approximate surface area is 90.6 Å². The van der Waals surface area contributed by atoms with Gasteiger partial charge in [-0.25, -0.2) is 0 Å².